The number of carbonyl (C=O) groups is 2. The smallest absolute Gasteiger partial charge is 0.416 e. The molecule has 206 valence electrons. The van der Waals surface area contributed by atoms with E-state index in [0.29, 0.717) is 57.8 Å². The SMILES string of the molecule is O=C(NCc1ccoc1)Nc1ccc(CN2CC3(CCN(Cc4ccc(C(F)(F)F)cc4)CC3)OC2=O)cc1. The number of anilines is 1. The molecule has 0 radical (unpaired) electrons. The minimum atomic E-state index is -4.34. The minimum absolute atomic E-state index is 0.335. The summed E-state index contributed by atoms with van der Waals surface area (Å²) in [5.74, 6) is 0. The number of carbonyl (C=O) groups excluding carboxylic acids is 2. The lowest BCUT2D eigenvalue weighted by molar-refractivity contribution is -0.137. The topological polar surface area (TPSA) is 87.1 Å². The molecule has 1 aromatic heterocycles. The van der Waals surface area contributed by atoms with Crippen LogP contribution in [0.4, 0.5) is 28.4 Å². The molecule has 3 amide bonds. The van der Waals surface area contributed by atoms with Crippen molar-refractivity contribution in [2.75, 3.05) is 25.0 Å². The van der Waals surface area contributed by atoms with Gasteiger partial charge >= 0.3 is 18.3 Å². The number of halogens is 3. The van der Waals surface area contributed by atoms with E-state index >= 15 is 0 Å². The third-order valence-corrected chi connectivity index (χ3v) is 7.11. The average molecular weight is 543 g/mol. The normalized spacial score (nSPS) is 17.3. The number of rotatable bonds is 7. The number of furan rings is 1. The Balaban J connectivity index is 1.08. The number of nitrogens with one attached hydrogen (secondary N) is 2. The third kappa shape index (κ3) is 6.72. The van der Waals surface area contributed by atoms with Gasteiger partial charge in [-0.15, -0.1) is 0 Å². The van der Waals surface area contributed by atoms with E-state index in [4.69, 9.17) is 9.15 Å². The molecule has 2 N–H and O–H groups in total. The second kappa shape index (κ2) is 11.0. The van der Waals surface area contributed by atoms with E-state index < -0.39 is 17.3 Å². The number of ether oxygens (including phenoxy) is 1. The highest BCUT2D eigenvalue weighted by atomic mass is 19.4. The fourth-order valence-electron chi connectivity index (χ4n) is 4.92. The van der Waals surface area contributed by atoms with Crippen molar-refractivity contribution >= 4 is 17.8 Å². The van der Waals surface area contributed by atoms with Gasteiger partial charge in [0.05, 0.1) is 24.6 Å². The number of hydrogen-bond acceptors (Lipinski definition) is 5. The van der Waals surface area contributed by atoms with Gasteiger partial charge in [-0.1, -0.05) is 24.3 Å². The number of piperidine rings is 1. The molecule has 0 saturated carbocycles. The maximum atomic E-state index is 12.8. The molecule has 39 heavy (non-hydrogen) atoms. The monoisotopic (exact) mass is 542 g/mol. The summed E-state index contributed by atoms with van der Waals surface area (Å²) in [6.45, 7) is 3.15. The number of amides is 3. The van der Waals surface area contributed by atoms with Gasteiger partial charge in [0.2, 0.25) is 0 Å². The maximum Gasteiger partial charge on any atom is 0.416 e. The molecular weight excluding hydrogens is 513 g/mol. The van der Waals surface area contributed by atoms with Crippen molar-refractivity contribution in [2.45, 2.75) is 44.3 Å². The number of likely N-dealkylation sites (tertiary alicyclic amines) is 1. The van der Waals surface area contributed by atoms with Crippen LogP contribution in [-0.4, -0.2) is 47.2 Å². The largest absolute Gasteiger partial charge is 0.472 e. The summed E-state index contributed by atoms with van der Waals surface area (Å²) < 4.78 is 49.2. The second-order valence-electron chi connectivity index (χ2n) is 10.0. The summed E-state index contributed by atoms with van der Waals surface area (Å²) in [6, 6.07) is 14.0. The molecule has 3 aromatic rings. The predicted molar refractivity (Wildman–Crippen MR) is 137 cm³/mol. The minimum Gasteiger partial charge on any atom is -0.472 e. The van der Waals surface area contributed by atoms with Crippen molar-refractivity contribution in [3.8, 4) is 0 Å². The van der Waals surface area contributed by atoms with E-state index in [-0.39, 0.29) is 12.1 Å². The van der Waals surface area contributed by atoms with Gasteiger partial charge in [-0.2, -0.15) is 13.2 Å². The van der Waals surface area contributed by atoms with Crippen LogP contribution in [0.1, 0.15) is 35.1 Å². The molecule has 2 aromatic carbocycles. The van der Waals surface area contributed by atoms with E-state index in [1.165, 1.54) is 12.1 Å². The standard InChI is InChI=1S/C28H29F3N4O4/c29-28(30,31)23-5-1-20(2-6-23)16-34-12-10-27(11-13-34)19-35(26(37)39-27)17-21-3-7-24(8-4-21)33-25(36)32-15-22-9-14-38-18-22/h1-9,14,18H,10-13,15-17,19H2,(H2,32,33,36). The molecule has 2 aliphatic heterocycles. The molecule has 0 unspecified atom stereocenters. The molecular formula is C28H29F3N4O4. The fourth-order valence-corrected chi connectivity index (χ4v) is 4.92. The lowest BCUT2D eigenvalue weighted by Gasteiger charge is -2.37. The van der Waals surface area contributed by atoms with Crippen molar-refractivity contribution in [2.24, 2.45) is 0 Å². The van der Waals surface area contributed by atoms with Gasteiger partial charge in [0, 0.05) is 56.8 Å². The van der Waals surface area contributed by atoms with Crippen molar-refractivity contribution in [3.05, 3.63) is 89.4 Å². The predicted octanol–water partition coefficient (Wildman–Crippen LogP) is 5.61. The summed E-state index contributed by atoms with van der Waals surface area (Å²) in [5, 5.41) is 5.52. The molecule has 2 fully saturated rings. The quantitative estimate of drug-likeness (QED) is 0.406. The van der Waals surface area contributed by atoms with Gasteiger partial charge in [0.25, 0.3) is 0 Å². The Morgan fingerprint density at radius 3 is 2.23 bits per heavy atom. The molecule has 0 atom stereocenters. The Morgan fingerprint density at radius 1 is 0.923 bits per heavy atom. The Bertz CT molecular complexity index is 1270. The summed E-state index contributed by atoms with van der Waals surface area (Å²) in [7, 11) is 0. The zero-order chi connectivity index (χ0) is 27.5. The number of alkyl halides is 3. The molecule has 2 aliphatic rings. The highest BCUT2D eigenvalue weighted by molar-refractivity contribution is 5.89. The first-order valence-corrected chi connectivity index (χ1v) is 12.7. The average Bonchev–Trinajstić information content (AvgIpc) is 3.53. The fraction of sp³-hybridized carbons (Fsp3) is 0.357. The first kappa shape index (κ1) is 26.6. The van der Waals surface area contributed by atoms with Crippen LogP contribution in [0, 0.1) is 0 Å². The summed E-state index contributed by atoms with van der Waals surface area (Å²) in [5.41, 5.74) is 2.01. The van der Waals surface area contributed by atoms with Gasteiger partial charge in [0.15, 0.2) is 0 Å². The Morgan fingerprint density at radius 2 is 1.59 bits per heavy atom. The van der Waals surface area contributed by atoms with Crippen molar-refractivity contribution in [1.82, 2.24) is 15.1 Å². The first-order chi connectivity index (χ1) is 18.7. The van der Waals surface area contributed by atoms with Gasteiger partial charge in [-0.05, 0) is 41.5 Å². The number of benzene rings is 2. The van der Waals surface area contributed by atoms with Crippen LogP contribution < -0.4 is 10.6 Å². The van der Waals surface area contributed by atoms with Crippen LogP contribution in [0.3, 0.4) is 0 Å². The van der Waals surface area contributed by atoms with E-state index in [0.717, 1.165) is 28.8 Å². The van der Waals surface area contributed by atoms with E-state index in [1.54, 1.807) is 35.6 Å². The van der Waals surface area contributed by atoms with E-state index in [9.17, 15) is 22.8 Å². The maximum absolute atomic E-state index is 12.8. The Kier molecular flexibility index (Phi) is 7.51. The highest BCUT2D eigenvalue weighted by Gasteiger charge is 2.46. The van der Waals surface area contributed by atoms with Crippen LogP contribution in [0.15, 0.2) is 71.5 Å². The van der Waals surface area contributed by atoms with Crippen LogP contribution in [-0.2, 0) is 30.5 Å². The molecule has 3 heterocycles. The van der Waals surface area contributed by atoms with Gasteiger partial charge in [0.1, 0.15) is 5.60 Å². The van der Waals surface area contributed by atoms with Crippen LogP contribution in [0.25, 0.3) is 0 Å². The third-order valence-electron chi connectivity index (χ3n) is 7.11. The van der Waals surface area contributed by atoms with E-state index in [1.807, 2.05) is 12.1 Å². The molecule has 11 heteroatoms. The summed E-state index contributed by atoms with van der Waals surface area (Å²) in [4.78, 5) is 28.6. The van der Waals surface area contributed by atoms with Gasteiger partial charge in [-0.25, -0.2) is 9.59 Å². The van der Waals surface area contributed by atoms with Crippen LogP contribution >= 0.6 is 0 Å². The van der Waals surface area contributed by atoms with Crippen molar-refractivity contribution in [3.63, 3.8) is 0 Å². The molecule has 0 aliphatic carbocycles. The number of nitrogens with zero attached hydrogens (tertiary/aromatic N) is 2. The lowest BCUT2D eigenvalue weighted by Crippen LogP contribution is -2.46. The van der Waals surface area contributed by atoms with Crippen molar-refractivity contribution < 1.29 is 31.9 Å². The number of urea groups is 1. The molecule has 1 spiro atoms. The Hall–Kier alpha value is -3.99. The molecule has 0 bridgehead atoms. The van der Waals surface area contributed by atoms with Gasteiger partial charge < -0.3 is 19.8 Å². The van der Waals surface area contributed by atoms with Crippen LogP contribution in [0.2, 0.25) is 0 Å². The van der Waals surface area contributed by atoms with Gasteiger partial charge in [-0.3, -0.25) is 9.80 Å². The summed E-state index contributed by atoms with van der Waals surface area (Å²) in [6.07, 6.45) is -0.270. The zero-order valence-corrected chi connectivity index (χ0v) is 21.2. The highest BCUT2D eigenvalue weighted by Crippen LogP contribution is 2.35. The Labute approximate surface area is 223 Å². The van der Waals surface area contributed by atoms with E-state index in [2.05, 4.69) is 15.5 Å². The first-order valence-electron chi connectivity index (χ1n) is 12.7. The van der Waals surface area contributed by atoms with Crippen LogP contribution in [0.5, 0.6) is 0 Å². The summed E-state index contributed by atoms with van der Waals surface area (Å²) >= 11 is 0. The zero-order valence-electron chi connectivity index (χ0n) is 21.2. The lowest BCUT2D eigenvalue weighted by atomic mass is 9.91. The molecule has 8 nitrogen and oxygen atoms in total. The van der Waals surface area contributed by atoms with Crippen molar-refractivity contribution in [1.29, 1.82) is 0 Å². The second-order valence-corrected chi connectivity index (χ2v) is 10.0. The molecule has 5 rings (SSSR count). The number of hydrogen-bond donors (Lipinski definition) is 2. The molecule has 2 saturated heterocycles.